The molecule has 0 unspecified atom stereocenters. The van der Waals surface area contributed by atoms with E-state index in [0.717, 1.165) is 11.1 Å². The number of hydrogen-bond acceptors (Lipinski definition) is 4. The van der Waals surface area contributed by atoms with Gasteiger partial charge in [-0.3, -0.25) is 14.9 Å². The first kappa shape index (κ1) is 17.2. The fourth-order valence-electron chi connectivity index (χ4n) is 2.62. The maximum absolute atomic E-state index is 12.4. The minimum absolute atomic E-state index is 0.139. The summed E-state index contributed by atoms with van der Waals surface area (Å²) >= 11 is 0. The molecule has 3 aromatic rings. The Labute approximate surface area is 150 Å². The molecule has 0 saturated heterocycles. The molecule has 130 valence electrons. The van der Waals surface area contributed by atoms with Crippen molar-refractivity contribution >= 4 is 23.0 Å². The van der Waals surface area contributed by atoms with Gasteiger partial charge >= 0.3 is 0 Å². The Hall–Kier alpha value is -3.67. The first-order valence-electron chi connectivity index (χ1n) is 8.01. The molecule has 0 aliphatic rings. The van der Waals surface area contributed by atoms with E-state index in [1.807, 2.05) is 42.5 Å². The van der Waals surface area contributed by atoms with Crippen molar-refractivity contribution in [3.05, 3.63) is 88.5 Å². The number of carbonyl (C=O) groups excluding carboxylic acids is 1. The van der Waals surface area contributed by atoms with E-state index in [2.05, 4.69) is 10.6 Å². The Morgan fingerprint density at radius 1 is 0.923 bits per heavy atom. The Balaban J connectivity index is 1.78. The van der Waals surface area contributed by atoms with Crippen molar-refractivity contribution in [3.8, 4) is 11.1 Å². The van der Waals surface area contributed by atoms with Crippen LogP contribution in [-0.4, -0.2) is 17.9 Å². The van der Waals surface area contributed by atoms with Crippen LogP contribution in [0.4, 0.5) is 17.1 Å². The highest BCUT2D eigenvalue weighted by Crippen LogP contribution is 2.26. The van der Waals surface area contributed by atoms with Crippen molar-refractivity contribution in [1.82, 2.24) is 0 Å². The number of nitrogens with one attached hydrogen (secondary N) is 2. The molecular weight excluding hydrogens is 330 g/mol. The van der Waals surface area contributed by atoms with Gasteiger partial charge in [-0.2, -0.15) is 0 Å². The third-order valence-corrected chi connectivity index (χ3v) is 3.98. The molecule has 0 aliphatic carbocycles. The summed E-state index contributed by atoms with van der Waals surface area (Å²) < 4.78 is 0. The molecule has 0 saturated carbocycles. The highest BCUT2D eigenvalue weighted by atomic mass is 16.6. The van der Waals surface area contributed by atoms with E-state index >= 15 is 0 Å². The molecule has 0 radical (unpaired) electrons. The minimum atomic E-state index is -0.517. The highest BCUT2D eigenvalue weighted by molar-refractivity contribution is 6.05. The summed E-state index contributed by atoms with van der Waals surface area (Å²) in [7, 11) is 1.59. The maximum Gasteiger partial charge on any atom is 0.293 e. The van der Waals surface area contributed by atoms with E-state index in [4.69, 9.17) is 0 Å². The standard InChI is InChI=1S/C20H17N3O3/c1-21-18-12-9-16(13-19(18)23(25)26)20(24)22-17-10-7-15(8-11-17)14-5-3-2-4-6-14/h2-13,21H,1H3,(H,22,24). The molecule has 26 heavy (non-hydrogen) atoms. The summed E-state index contributed by atoms with van der Waals surface area (Å²) in [4.78, 5) is 23.0. The second-order valence-electron chi connectivity index (χ2n) is 5.64. The molecule has 0 aliphatic heterocycles. The molecule has 0 aromatic heterocycles. The molecule has 3 aromatic carbocycles. The summed E-state index contributed by atoms with van der Waals surface area (Å²) in [6.45, 7) is 0. The molecule has 0 atom stereocenters. The lowest BCUT2D eigenvalue weighted by Crippen LogP contribution is -2.12. The molecule has 0 fully saturated rings. The largest absolute Gasteiger partial charge is 0.383 e. The van der Waals surface area contributed by atoms with Gasteiger partial charge in [0.05, 0.1) is 4.92 Å². The highest BCUT2D eigenvalue weighted by Gasteiger charge is 2.16. The summed E-state index contributed by atoms with van der Waals surface area (Å²) in [6.07, 6.45) is 0. The Bertz CT molecular complexity index is 938. The van der Waals surface area contributed by atoms with Crippen LogP contribution in [0.25, 0.3) is 11.1 Å². The monoisotopic (exact) mass is 347 g/mol. The smallest absolute Gasteiger partial charge is 0.293 e. The lowest BCUT2D eigenvalue weighted by molar-refractivity contribution is -0.384. The quantitative estimate of drug-likeness (QED) is 0.523. The molecule has 2 N–H and O–H groups in total. The van der Waals surface area contributed by atoms with E-state index in [0.29, 0.717) is 11.4 Å². The van der Waals surface area contributed by atoms with Gasteiger partial charge < -0.3 is 10.6 Å². The molecule has 0 bridgehead atoms. The number of nitro benzene ring substituents is 1. The molecule has 3 rings (SSSR count). The van der Waals surface area contributed by atoms with Crippen LogP contribution in [0.3, 0.4) is 0 Å². The predicted octanol–water partition coefficient (Wildman–Crippen LogP) is 4.56. The van der Waals surface area contributed by atoms with Crippen LogP contribution in [0.1, 0.15) is 10.4 Å². The predicted molar refractivity (Wildman–Crippen MR) is 102 cm³/mol. The van der Waals surface area contributed by atoms with Gasteiger partial charge in [-0.15, -0.1) is 0 Å². The van der Waals surface area contributed by atoms with Crippen LogP contribution in [-0.2, 0) is 0 Å². The first-order chi connectivity index (χ1) is 12.6. The van der Waals surface area contributed by atoms with Crippen LogP contribution < -0.4 is 10.6 Å². The van der Waals surface area contributed by atoms with Gasteiger partial charge in [-0.05, 0) is 35.4 Å². The lowest BCUT2D eigenvalue weighted by atomic mass is 10.1. The van der Waals surface area contributed by atoms with Gasteiger partial charge in [0.25, 0.3) is 11.6 Å². The van der Waals surface area contributed by atoms with Gasteiger partial charge in [0.1, 0.15) is 5.69 Å². The van der Waals surface area contributed by atoms with E-state index in [9.17, 15) is 14.9 Å². The zero-order chi connectivity index (χ0) is 18.5. The van der Waals surface area contributed by atoms with Crippen LogP contribution in [0.15, 0.2) is 72.8 Å². The Morgan fingerprint density at radius 2 is 1.58 bits per heavy atom. The minimum Gasteiger partial charge on any atom is -0.383 e. The van der Waals surface area contributed by atoms with E-state index in [1.54, 1.807) is 25.2 Å². The molecular formula is C20H17N3O3. The average molecular weight is 347 g/mol. The van der Waals surface area contributed by atoms with E-state index in [-0.39, 0.29) is 11.3 Å². The third-order valence-electron chi connectivity index (χ3n) is 3.98. The number of hydrogen-bond donors (Lipinski definition) is 2. The molecule has 6 heteroatoms. The maximum atomic E-state index is 12.4. The summed E-state index contributed by atoms with van der Waals surface area (Å²) in [6, 6.07) is 21.7. The normalized spacial score (nSPS) is 10.2. The van der Waals surface area contributed by atoms with Crippen molar-refractivity contribution < 1.29 is 9.72 Å². The number of nitro groups is 1. The Morgan fingerprint density at radius 3 is 2.19 bits per heavy atom. The summed E-state index contributed by atoms with van der Waals surface area (Å²) in [5.74, 6) is -0.400. The second-order valence-corrected chi connectivity index (χ2v) is 5.64. The van der Waals surface area contributed by atoms with Crippen molar-refractivity contribution in [3.63, 3.8) is 0 Å². The van der Waals surface area contributed by atoms with Crippen molar-refractivity contribution in [1.29, 1.82) is 0 Å². The topological polar surface area (TPSA) is 84.3 Å². The number of nitrogens with zero attached hydrogens (tertiary/aromatic N) is 1. The number of anilines is 2. The van der Waals surface area contributed by atoms with Crippen molar-refractivity contribution in [2.75, 3.05) is 17.7 Å². The molecule has 0 heterocycles. The van der Waals surface area contributed by atoms with Gasteiger partial charge in [-0.1, -0.05) is 42.5 Å². The van der Waals surface area contributed by atoms with Crippen LogP contribution in [0.2, 0.25) is 0 Å². The zero-order valence-electron chi connectivity index (χ0n) is 14.1. The Kier molecular flexibility index (Phi) is 4.94. The van der Waals surface area contributed by atoms with Gasteiger partial charge in [0.15, 0.2) is 0 Å². The van der Waals surface area contributed by atoms with E-state index < -0.39 is 10.8 Å². The van der Waals surface area contributed by atoms with E-state index in [1.165, 1.54) is 12.1 Å². The number of rotatable bonds is 5. The van der Waals surface area contributed by atoms with Crippen LogP contribution in [0.5, 0.6) is 0 Å². The fraction of sp³-hybridized carbons (Fsp3) is 0.0500. The summed E-state index contributed by atoms with van der Waals surface area (Å²) in [5.41, 5.74) is 3.19. The number of carbonyl (C=O) groups is 1. The summed E-state index contributed by atoms with van der Waals surface area (Å²) in [5, 5.41) is 16.6. The van der Waals surface area contributed by atoms with Crippen molar-refractivity contribution in [2.45, 2.75) is 0 Å². The second kappa shape index (κ2) is 7.48. The zero-order valence-corrected chi connectivity index (χ0v) is 14.1. The lowest BCUT2D eigenvalue weighted by Gasteiger charge is -2.08. The first-order valence-corrected chi connectivity index (χ1v) is 8.01. The van der Waals surface area contributed by atoms with Crippen molar-refractivity contribution in [2.24, 2.45) is 0 Å². The fourth-order valence-corrected chi connectivity index (χ4v) is 2.62. The van der Waals surface area contributed by atoms with Gasteiger partial charge in [-0.25, -0.2) is 0 Å². The van der Waals surface area contributed by atoms with Gasteiger partial charge in [0.2, 0.25) is 0 Å². The molecule has 1 amide bonds. The molecule has 6 nitrogen and oxygen atoms in total. The molecule has 0 spiro atoms. The average Bonchev–Trinajstić information content (AvgIpc) is 2.68. The number of amides is 1. The number of benzene rings is 3. The SMILES string of the molecule is CNc1ccc(C(=O)Nc2ccc(-c3ccccc3)cc2)cc1[N+](=O)[O-]. The third kappa shape index (κ3) is 3.70. The van der Waals surface area contributed by atoms with Gasteiger partial charge in [0, 0.05) is 24.4 Å². The van der Waals surface area contributed by atoms with Crippen LogP contribution >= 0.6 is 0 Å². The van der Waals surface area contributed by atoms with Crippen LogP contribution in [0, 0.1) is 10.1 Å².